The van der Waals surface area contributed by atoms with Crippen LogP contribution in [0.4, 0.5) is 0 Å². The van der Waals surface area contributed by atoms with Gasteiger partial charge in [-0.25, -0.2) is 0 Å². The highest BCUT2D eigenvalue weighted by atomic mass is 16.5. The first-order chi connectivity index (χ1) is 9.12. The van der Waals surface area contributed by atoms with Crippen LogP contribution in [-0.2, 0) is 4.74 Å². The van der Waals surface area contributed by atoms with Gasteiger partial charge in [0.15, 0.2) is 0 Å². The molecule has 0 amide bonds. The lowest BCUT2D eigenvalue weighted by atomic mass is 9.67. The third kappa shape index (κ3) is 6.27. The molecule has 0 aromatic rings. The van der Waals surface area contributed by atoms with E-state index in [4.69, 9.17) is 4.74 Å². The summed E-state index contributed by atoms with van der Waals surface area (Å²) in [4.78, 5) is 0. The van der Waals surface area contributed by atoms with Crippen molar-refractivity contribution < 1.29 is 4.74 Å². The van der Waals surface area contributed by atoms with E-state index >= 15 is 0 Å². The summed E-state index contributed by atoms with van der Waals surface area (Å²) >= 11 is 0. The van der Waals surface area contributed by atoms with Crippen LogP contribution in [0, 0.1) is 11.3 Å². The van der Waals surface area contributed by atoms with Gasteiger partial charge in [0.1, 0.15) is 0 Å². The van der Waals surface area contributed by atoms with Crippen molar-refractivity contribution in [1.29, 1.82) is 0 Å². The molecular weight excluding hydrogens is 234 g/mol. The number of ether oxygens (including phenoxy) is 1. The molecule has 0 aromatic carbocycles. The second-order valence-corrected chi connectivity index (χ2v) is 6.86. The van der Waals surface area contributed by atoms with E-state index in [1.165, 1.54) is 57.9 Å². The van der Waals surface area contributed by atoms with Gasteiger partial charge in [-0.15, -0.1) is 0 Å². The summed E-state index contributed by atoms with van der Waals surface area (Å²) in [6.45, 7) is 8.89. The van der Waals surface area contributed by atoms with Gasteiger partial charge >= 0.3 is 0 Å². The van der Waals surface area contributed by atoms with Gasteiger partial charge in [-0.2, -0.15) is 0 Å². The third-order valence-corrected chi connectivity index (χ3v) is 4.85. The first-order valence-corrected chi connectivity index (χ1v) is 8.34. The van der Waals surface area contributed by atoms with Crippen molar-refractivity contribution in [3.05, 3.63) is 0 Å². The molecule has 1 saturated carbocycles. The van der Waals surface area contributed by atoms with Crippen LogP contribution in [-0.4, -0.2) is 26.3 Å². The number of unbranched alkanes of at least 4 members (excludes halogenated alkanes) is 1. The maximum atomic E-state index is 5.34. The van der Waals surface area contributed by atoms with Crippen LogP contribution in [0.15, 0.2) is 0 Å². The SMILES string of the molecule is CCCCC1CCC(CCOC)(CNC(C)C)CC1. The summed E-state index contributed by atoms with van der Waals surface area (Å²) in [7, 11) is 1.83. The first kappa shape index (κ1) is 17.0. The molecule has 1 aliphatic rings. The molecule has 114 valence electrons. The molecule has 0 atom stereocenters. The quantitative estimate of drug-likeness (QED) is 0.670. The number of methoxy groups -OCH3 is 1. The summed E-state index contributed by atoms with van der Waals surface area (Å²) in [5.74, 6) is 0.995. The Kier molecular flexibility index (Phi) is 8.01. The summed E-state index contributed by atoms with van der Waals surface area (Å²) < 4.78 is 5.34. The lowest BCUT2D eigenvalue weighted by molar-refractivity contribution is 0.0806. The van der Waals surface area contributed by atoms with Gasteiger partial charge < -0.3 is 10.1 Å². The Morgan fingerprint density at radius 2 is 1.95 bits per heavy atom. The Bertz CT molecular complexity index is 219. The highest BCUT2D eigenvalue weighted by molar-refractivity contribution is 4.88. The minimum Gasteiger partial charge on any atom is -0.385 e. The first-order valence-electron chi connectivity index (χ1n) is 8.34. The Hall–Kier alpha value is -0.0800. The van der Waals surface area contributed by atoms with E-state index in [1.807, 2.05) is 7.11 Å². The predicted molar refractivity (Wildman–Crippen MR) is 83.5 cm³/mol. The molecule has 1 fully saturated rings. The Labute approximate surface area is 120 Å². The molecule has 0 spiro atoms. The smallest absolute Gasteiger partial charge is 0.0468 e. The van der Waals surface area contributed by atoms with Gasteiger partial charge in [0.05, 0.1) is 0 Å². The Morgan fingerprint density at radius 1 is 1.26 bits per heavy atom. The minimum absolute atomic E-state index is 0.503. The van der Waals surface area contributed by atoms with Crippen molar-refractivity contribution in [2.45, 2.75) is 78.2 Å². The van der Waals surface area contributed by atoms with E-state index in [-0.39, 0.29) is 0 Å². The molecule has 0 heterocycles. The van der Waals surface area contributed by atoms with Gasteiger partial charge in [0.2, 0.25) is 0 Å². The fraction of sp³-hybridized carbons (Fsp3) is 1.00. The van der Waals surface area contributed by atoms with E-state index in [2.05, 4.69) is 26.1 Å². The fourth-order valence-corrected chi connectivity index (χ4v) is 3.33. The Balaban J connectivity index is 2.43. The zero-order valence-electron chi connectivity index (χ0n) is 13.6. The van der Waals surface area contributed by atoms with Crippen LogP contribution >= 0.6 is 0 Å². The molecule has 1 N–H and O–H groups in total. The average Bonchev–Trinajstić information content (AvgIpc) is 2.42. The number of hydrogen-bond acceptors (Lipinski definition) is 2. The highest BCUT2D eigenvalue weighted by Gasteiger charge is 2.34. The molecule has 1 aliphatic carbocycles. The van der Waals surface area contributed by atoms with Crippen LogP contribution in [0.25, 0.3) is 0 Å². The standard InChI is InChI=1S/C17H35NO/c1-5-6-7-16-8-10-17(11-9-16,12-13-19-4)14-18-15(2)3/h15-16,18H,5-14H2,1-4H3. The van der Waals surface area contributed by atoms with E-state index in [9.17, 15) is 0 Å². The predicted octanol–water partition coefficient (Wildman–Crippen LogP) is 4.39. The molecule has 0 radical (unpaired) electrons. The van der Waals surface area contributed by atoms with Gasteiger partial charge in [-0.05, 0) is 43.4 Å². The summed E-state index contributed by atoms with van der Waals surface area (Å²) in [5.41, 5.74) is 0.503. The van der Waals surface area contributed by atoms with Crippen molar-refractivity contribution in [3.63, 3.8) is 0 Å². The van der Waals surface area contributed by atoms with Crippen molar-refractivity contribution >= 4 is 0 Å². The number of rotatable bonds is 9. The summed E-state index contributed by atoms with van der Waals surface area (Å²) in [5, 5.41) is 3.67. The van der Waals surface area contributed by atoms with E-state index in [0.717, 1.165) is 12.5 Å². The molecule has 0 saturated heterocycles. The van der Waals surface area contributed by atoms with Crippen molar-refractivity contribution in [3.8, 4) is 0 Å². The molecule has 2 nitrogen and oxygen atoms in total. The maximum absolute atomic E-state index is 5.34. The van der Waals surface area contributed by atoms with Crippen molar-refractivity contribution in [2.24, 2.45) is 11.3 Å². The molecule has 19 heavy (non-hydrogen) atoms. The largest absolute Gasteiger partial charge is 0.385 e. The van der Waals surface area contributed by atoms with Gasteiger partial charge in [0.25, 0.3) is 0 Å². The lowest BCUT2D eigenvalue weighted by Gasteiger charge is -2.41. The van der Waals surface area contributed by atoms with E-state index in [0.29, 0.717) is 11.5 Å². The van der Waals surface area contributed by atoms with Gasteiger partial charge in [0, 0.05) is 26.3 Å². The Morgan fingerprint density at radius 3 is 2.47 bits per heavy atom. The number of nitrogens with one attached hydrogen (secondary N) is 1. The summed E-state index contributed by atoms with van der Waals surface area (Å²) in [6, 6.07) is 0.595. The van der Waals surface area contributed by atoms with Crippen molar-refractivity contribution in [1.82, 2.24) is 5.32 Å². The molecule has 0 bridgehead atoms. The third-order valence-electron chi connectivity index (χ3n) is 4.85. The molecule has 2 heteroatoms. The zero-order chi connectivity index (χ0) is 14.1. The van der Waals surface area contributed by atoms with Gasteiger partial charge in [-0.1, -0.05) is 40.0 Å². The fourth-order valence-electron chi connectivity index (χ4n) is 3.33. The second kappa shape index (κ2) is 8.97. The minimum atomic E-state index is 0.503. The maximum Gasteiger partial charge on any atom is 0.0468 e. The molecule has 0 aromatic heterocycles. The molecule has 0 aliphatic heterocycles. The average molecular weight is 269 g/mol. The highest BCUT2D eigenvalue weighted by Crippen LogP contribution is 2.42. The molecular formula is C17H35NO. The van der Waals surface area contributed by atoms with Gasteiger partial charge in [-0.3, -0.25) is 0 Å². The molecule has 1 rings (SSSR count). The van der Waals surface area contributed by atoms with E-state index in [1.54, 1.807) is 0 Å². The van der Waals surface area contributed by atoms with Crippen LogP contribution < -0.4 is 5.32 Å². The monoisotopic (exact) mass is 269 g/mol. The van der Waals surface area contributed by atoms with E-state index < -0.39 is 0 Å². The van der Waals surface area contributed by atoms with Crippen LogP contribution in [0.2, 0.25) is 0 Å². The van der Waals surface area contributed by atoms with Crippen LogP contribution in [0.1, 0.15) is 72.1 Å². The van der Waals surface area contributed by atoms with Crippen LogP contribution in [0.3, 0.4) is 0 Å². The topological polar surface area (TPSA) is 21.3 Å². The zero-order valence-corrected chi connectivity index (χ0v) is 13.6. The summed E-state index contributed by atoms with van der Waals surface area (Å²) in [6.07, 6.45) is 11.1. The van der Waals surface area contributed by atoms with Crippen LogP contribution in [0.5, 0.6) is 0 Å². The number of hydrogen-bond donors (Lipinski definition) is 1. The second-order valence-electron chi connectivity index (χ2n) is 6.86. The molecule has 0 unspecified atom stereocenters. The van der Waals surface area contributed by atoms with Crippen molar-refractivity contribution in [2.75, 3.05) is 20.3 Å². The lowest BCUT2D eigenvalue weighted by Crippen LogP contribution is -2.41. The normalized spacial score (nSPS) is 27.9.